The van der Waals surface area contributed by atoms with E-state index in [4.69, 9.17) is 5.11 Å². The lowest BCUT2D eigenvalue weighted by atomic mass is 9.77. The number of amides is 1. The minimum Gasteiger partial charge on any atom is -0.396 e. The van der Waals surface area contributed by atoms with E-state index in [1.807, 2.05) is 6.92 Å². The first kappa shape index (κ1) is 14.5. The highest BCUT2D eigenvalue weighted by Crippen LogP contribution is 2.39. The van der Waals surface area contributed by atoms with Crippen LogP contribution in [0, 0.1) is 11.3 Å². The second-order valence-corrected chi connectivity index (χ2v) is 5.94. The quantitative estimate of drug-likeness (QED) is 0.750. The Balaban J connectivity index is 2.44. The van der Waals surface area contributed by atoms with Gasteiger partial charge in [0.15, 0.2) is 0 Å². The van der Waals surface area contributed by atoms with Crippen molar-refractivity contribution >= 4 is 5.91 Å². The summed E-state index contributed by atoms with van der Waals surface area (Å²) < 4.78 is 0. The van der Waals surface area contributed by atoms with Gasteiger partial charge < -0.3 is 10.4 Å². The normalized spacial score (nSPS) is 19.3. The Morgan fingerprint density at radius 2 is 2.00 bits per heavy atom. The van der Waals surface area contributed by atoms with E-state index in [-0.39, 0.29) is 24.0 Å². The maximum atomic E-state index is 12.3. The van der Waals surface area contributed by atoms with Crippen molar-refractivity contribution in [3.05, 3.63) is 0 Å². The molecule has 17 heavy (non-hydrogen) atoms. The van der Waals surface area contributed by atoms with Crippen LogP contribution in [0.4, 0.5) is 0 Å². The van der Waals surface area contributed by atoms with E-state index in [0.29, 0.717) is 5.92 Å². The third-order valence-corrected chi connectivity index (χ3v) is 4.13. The standard InChI is InChI=1S/C14H27NO2/c1-11(7-6-10-16)15-13(17)14(2,3)12-8-4-5-9-12/h11-12,16H,4-10H2,1-3H3,(H,15,17). The van der Waals surface area contributed by atoms with Gasteiger partial charge >= 0.3 is 0 Å². The summed E-state index contributed by atoms with van der Waals surface area (Å²) in [6.45, 7) is 6.35. The lowest BCUT2D eigenvalue weighted by Gasteiger charge is -2.31. The van der Waals surface area contributed by atoms with Crippen LogP contribution in [0.3, 0.4) is 0 Å². The summed E-state index contributed by atoms with van der Waals surface area (Å²) in [5, 5.41) is 11.9. The van der Waals surface area contributed by atoms with Crippen LogP contribution in [0.2, 0.25) is 0 Å². The van der Waals surface area contributed by atoms with E-state index in [1.54, 1.807) is 0 Å². The zero-order valence-electron chi connectivity index (χ0n) is 11.5. The van der Waals surface area contributed by atoms with E-state index < -0.39 is 0 Å². The average Bonchev–Trinajstić information content (AvgIpc) is 2.80. The Hall–Kier alpha value is -0.570. The molecule has 0 aromatic rings. The highest BCUT2D eigenvalue weighted by molar-refractivity contribution is 5.82. The molecule has 1 fully saturated rings. The van der Waals surface area contributed by atoms with Crippen LogP contribution in [-0.4, -0.2) is 23.7 Å². The van der Waals surface area contributed by atoms with E-state index >= 15 is 0 Å². The first-order valence-electron chi connectivity index (χ1n) is 6.90. The van der Waals surface area contributed by atoms with Crippen LogP contribution >= 0.6 is 0 Å². The smallest absolute Gasteiger partial charge is 0.226 e. The van der Waals surface area contributed by atoms with Crippen LogP contribution in [0.15, 0.2) is 0 Å². The van der Waals surface area contributed by atoms with Crippen LogP contribution in [0.1, 0.15) is 59.3 Å². The molecular weight excluding hydrogens is 214 g/mol. The zero-order chi connectivity index (χ0) is 12.9. The number of carbonyl (C=O) groups excluding carboxylic acids is 1. The van der Waals surface area contributed by atoms with Gasteiger partial charge in [-0.3, -0.25) is 4.79 Å². The maximum Gasteiger partial charge on any atom is 0.226 e. The summed E-state index contributed by atoms with van der Waals surface area (Å²) in [5.41, 5.74) is -0.246. The summed E-state index contributed by atoms with van der Waals surface area (Å²) in [5.74, 6) is 0.711. The van der Waals surface area contributed by atoms with Gasteiger partial charge in [-0.1, -0.05) is 26.7 Å². The summed E-state index contributed by atoms with van der Waals surface area (Å²) in [4.78, 5) is 12.3. The van der Waals surface area contributed by atoms with Gasteiger partial charge in [0.2, 0.25) is 5.91 Å². The Bertz CT molecular complexity index is 245. The van der Waals surface area contributed by atoms with E-state index in [0.717, 1.165) is 12.8 Å². The lowest BCUT2D eigenvalue weighted by Crippen LogP contribution is -2.44. The van der Waals surface area contributed by atoms with Crippen LogP contribution in [0.25, 0.3) is 0 Å². The number of aliphatic hydroxyl groups excluding tert-OH is 1. The summed E-state index contributed by atoms with van der Waals surface area (Å²) in [6, 6.07) is 0.162. The van der Waals surface area contributed by atoms with Crippen molar-refractivity contribution in [2.75, 3.05) is 6.61 Å². The van der Waals surface area contributed by atoms with Gasteiger partial charge in [-0.25, -0.2) is 0 Å². The molecule has 100 valence electrons. The first-order valence-corrected chi connectivity index (χ1v) is 6.90. The minimum absolute atomic E-state index is 0.162. The largest absolute Gasteiger partial charge is 0.396 e. The summed E-state index contributed by atoms with van der Waals surface area (Å²) in [7, 11) is 0. The number of aliphatic hydroxyl groups is 1. The van der Waals surface area contributed by atoms with E-state index in [9.17, 15) is 4.79 Å². The fraction of sp³-hybridized carbons (Fsp3) is 0.929. The van der Waals surface area contributed by atoms with Crippen LogP contribution in [0.5, 0.6) is 0 Å². The Morgan fingerprint density at radius 3 is 2.53 bits per heavy atom. The maximum absolute atomic E-state index is 12.3. The molecule has 0 aromatic heterocycles. The van der Waals surface area contributed by atoms with Gasteiger partial charge in [0, 0.05) is 18.1 Å². The summed E-state index contributed by atoms with van der Waals surface area (Å²) in [6.07, 6.45) is 6.51. The fourth-order valence-electron chi connectivity index (χ4n) is 2.71. The molecule has 0 radical (unpaired) electrons. The number of nitrogens with one attached hydrogen (secondary N) is 1. The van der Waals surface area contributed by atoms with Gasteiger partial charge in [0.25, 0.3) is 0 Å². The zero-order valence-corrected chi connectivity index (χ0v) is 11.5. The molecular formula is C14H27NO2. The number of rotatable bonds is 6. The second-order valence-electron chi connectivity index (χ2n) is 5.94. The molecule has 1 saturated carbocycles. The van der Waals surface area contributed by atoms with Crippen molar-refractivity contribution in [1.82, 2.24) is 5.32 Å². The third kappa shape index (κ3) is 3.98. The monoisotopic (exact) mass is 241 g/mol. The molecule has 3 nitrogen and oxygen atoms in total. The fourth-order valence-corrected chi connectivity index (χ4v) is 2.71. The van der Waals surface area contributed by atoms with E-state index in [1.165, 1.54) is 25.7 Å². The Labute approximate surface area is 105 Å². The van der Waals surface area contributed by atoms with Gasteiger partial charge in [0.05, 0.1) is 0 Å². The molecule has 1 aliphatic carbocycles. The molecule has 0 aromatic carbocycles. The van der Waals surface area contributed by atoms with Gasteiger partial charge in [0.1, 0.15) is 0 Å². The molecule has 2 N–H and O–H groups in total. The van der Waals surface area contributed by atoms with Gasteiger partial charge in [-0.15, -0.1) is 0 Å². The lowest BCUT2D eigenvalue weighted by molar-refractivity contribution is -0.132. The molecule has 3 heteroatoms. The predicted molar refractivity (Wildman–Crippen MR) is 69.7 cm³/mol. The number of hydrogen-bond acceptors (Lipinski definition) is 2. The van der Waals surface area contributed by atoms with Crippen molar-refractivity contribution in [1.29, 1.82) is 0 Å². The molecule has 1 amide bonds. The number of hydrogen-bond donors (Lipinski definition) is 2. The van der Waals surface area contributed by atoms with E-state index in [2.05, 4.69) is 19.2 Å². The Morgan fingerprint density at radius 1 is 1.41 bits per heavy atom. The van der Waals surface area contributed by atoms with Crippen molar-refractivity contribution in [2.24, 2.45) is 11.3 Å². The average molecular weight is 241 g/mol. The van der Waals surface area contributed by atoms with Crippen molar-refractivity contribution in [3.8, 4) is 0 Å². The van der Waals surface area contributed by atoms with Crippen molar-refractivity contribution < 1.29 is 9.90 Å². The molecule has 1 rings (SSSR count). The topological polar surface area (TPSA) is 49.3 Å². The Kier molecular flexibility index (Phi) is 5.44. The molecule has 0 aliphatic heterocycles. The molecule has 0 bridgehead atoms. The highest BCUT2D eigenvalue weighted by Gasteiger charge is 2.38. The van der Waals surface area contributed by atoms with Gasteiger partial charge in [-0.05, 0) is 38.5 Å². The molecule has 0 heterocycles. The minimum atomic E-state index is -0.246. The molecule has 0 saturated heterocycles. The molecule has 1 aliphatic rings. The highest BCUT2D eigenvalue weighted by atomic mass is 16.3. The predicted octanol–water partition coefficient (Wildman–Crippen LogP) is 2.48. The van der Waals surface area contributed by atoms with Crippen molar-refractivity contribution in [2.45, 2.75) is 65.3 Å². The SMILES string of the molecule is CC(CCCO)NC(=O)C(C)(C)C1CCCC1. The third-order valence-electron chi connectivity index (χ3n) is 4.13. The van der Waals surface area contributed by atoms with Gasteiger partial charge in [-0.2, -0.15) is 0 Å². The molecule has 0 spiro atoms. The van der Waals surface area contributed by atoms with Crippen molar-refractivity contribution in [3.63, 3.8) is 0 Å². The second kappa shape index (κ2) is 6.39. The van der Waals surface area contributed by atoms with Crippen LogP contribution in [-0.2, 0) is 4.79 Å². The molecule has 1 atom stereocenters. The number of carbonyl (C=O) groups is 1. The van der Waals surface area contributed by atoms with Crippen LogP contribution < -0.4 is 5.32 Å². The first-order chi connectivity index (χ1) is 7.98. The molecule has 1 unspecified atom stereocenters. The summed E-state index contributed by atoms with van der Waals surface area (Å²) >= 11 is 0.